The van der Waals surface area contributed by atoms with Gasteiger partial charge < -0.3 is 19.2 Å². The van der Waals surface area contributed by atoms with Crippen molar-refractivity contribution in [1.82, 2.24) is 5.32 Å². The van der Waals surface area contributed by atoms with E-state index in [-0.39, 0.29) is 11.5 Å². The van der Waals surface area contributed by atoms with Gasteiger partial charge in [0.15, 0.2) is 0 Å². The van der Waals surface area contributed by atoms with Gasteiger partial charge in [-0.15, -0.1) is 0 Å². The second kappa shape index (κ2) is 8.73. The van der Waals surface area contributed by atoms with Gasteiger partial charge in [0.1, 0.15) is 23.0 Å². The molecule has 0 bridgehead atoms. The van der Waals surface area contributed by atoms with Gasteiger partial charge in [-0.3, -0.25) is 0 Å². The van der Waals surface area contributed by atoms with E-state index in [0.29, 0.717) is 35.1 Å². The molecule has 2 aromatic rings. The van der Waals surface area contributed by atoms with Crippen LogP contribution in [0.15, 0.2) is 21.3 Å². The van der Waals surface area contributed by atoms with Crippen LogP contribution >= 0.6 is 0 Å². The molecule has 0 radical (unpaired) electrons. The number of aryl methyl sites for hydroxylation is 2. The first-order chi connectivity index (χ1) is 14.5. The summed E-state index contributed by atoms with van der Waals surface area (Å²) in [5.74, 6) is -0.397. The molecule has 1 aliphatic carbocycles. The van der Waals surface area contributed by atoms with Gasteiger partial charge in [0.25, 0.3) is 0 Å². The zero-order valence-electron chi connectivity index (χ0n) is 19.1. The Morgan fingerprint density at radius 1 is 1.19 bits per heavy atom. The lowest BCUT2D eigenvalue weighted by atomic mass is 9.99. The van der Waals surface area contributed by atoms with E-state index in [1.165, 1.54) is 0 Å². The molecule has 0 saturated carbocycles. The predicted octanol–water partition coefficient (Wildman–Crippen LogP) is 4.43. The van der Waals surface area contributed by atoms with Gasteiger partial charge in [-0.25, -0.2) is 14.4 Å². The van der Waals surface area contributed by atoms with Crippen molar-refractivity contribution in [2.24, 2.45) is 5.92 Å². The lowest BCUT2D eigenvalue weighted by Crippen LogP contribution is -2.48. The second-order valence-electron chi connectivity index (χ2n) is 9.27. The number of nitrogens with one attached hydrogen (secondary N) is 1. The fourth-order valence-corrected chi connectivity index (χ4v) is 3.86. The van der Waals surface area contributed by atoms with Gasteiger partial charge in [0.05, 0.1) is 5.39 Å². The molecule has 0 aliphatic heterocycles. The van der Waals surface area contributed by atoms with Gasteiger partial charge in [0, 0.05) is 5.56 Å². The van der Waals surface area contributed by atoms with Crippen molar-refractivity contribution in [3.8, 4) is 5.75 Å². The monoisotopic (exact) mass is 429 g/mol. The van der Waals surface area contributed by atoms with Crippen molar-refractivity contribution >= 4 is 23.0 Å². The summed E-state index contributed by atoms with van der Waals surface area (Å²) in [5.41, 5.74) is 1.74. The van der Waals surface area contributed by atoms with E-state index < -0.39 is 23.7 Å². The fraction of sp³-hybridized carbons (Fsp3) is 0.542. The highest BCUT2D eigenvalue weighted by Gasteiger charge is 2.31. The molecule has 0 spiro atoms. The summed E-state index contributed by atoms with van der Waals surface area (Å²) in [6.45, 7) is 10.9. The molecule has 0 saturated heterocycles. The third-order valence-corrected chi connectivity index (χ3v) is 5.53. The average molecular weight is 430 g/mol. The number of hydrogen-bond donors (Lipinski definition) is 1. The van der Waals surface area contributed by atoms with Crippen LogP contribution in [-0.4, -0.2) is 23.7 Å². The van der Waals surface area contributed by atoms with Crippen molar-refractivity contribution in [2.45, 2.75) is 78.9 Å². The SMILES string of the molecule is CCC(C)C(NC(=O)OC(C)(C)C)C(=O)Oc1cc(C)cc2oc(=O)c3c(c12)CCC3. The van der Waals surface area contributed by atoms with E-state index in [4.69, 9.17) is 13.9 Å². The molecule has 1 heterocycles. The van der Waals surface area contributed by atoms with Gasteiger partial charge in [0.2, 0.25) is 0 Å². The first-order valence-electron chi connectivity index (χ1n) is 10.8. The molecule has 0 fully saturated rings. The quantitative estimate of drug-likeness (QED) is 0.429. The number of amides is 1. The Labute approximate surface area is 182 Å². The minimum atomic E-state index is -0.876. The van der Waals surface area contributed by atoms with Crippen molar-refractivity contribution < 1.29 is 23.5 Å². The summed E-state index contributed by atoms with van der Waals surface area (Å²) in [6, 6.07) is 2.66. The molecule has 2 unspecified atom stereocenters. The summed E-state index contributed by atoms with van der Waals surface area (Å²) < 4.78 is 16.7. The number of hydrogen-bond acceptors (Lipinski definition) is 6. The van der Waals surface area contributed by atoms with Crippen LogP contribution in [0.4, 0.5) is 4.79 Å². The zero-order valence-corrected chi connectivity index (χ0v) is 19.1. The third-order valence-electron chi connectivity index (χ3n) is 5.53. The summed E-state index contributed by atoms with van der Waals surface area (Å²) in [5, 5.41) is 3.32. The van der Waals surface area contributed by atoms with Crippen LogP contribution in [0.25, 0.3) is 11.0 Å². The number of benzene rings is 1. The Morgan fingerprint density at radius 3 is 2.52 bits per heavy atom. The van der Waals surface area contributed by atoms with E-state index in [9.17, 15) is 14.4 Å². The maximum absolute atomic E-state index is 13.2. The largest absolute Gasteiger partial charge is 0.444 e. The van der Waals surface area contributed by atoms with Crippen molar-refractivity contribution in [2.75, 3.05) is 0 Å². The molecular formula is C24H31NO6. The molecule has 3 rings (SSSR count). The normalized spacial score (nSPS) is 15.3. The standard InChI is InChI=1S/C24H31NO6/c1-7-14(3)20(25-23(28)31-24(4,5)6)22(27)30-18-12-13(2)11-17-19(18)15-9-8-10-16(15)21(26)29-17/h11-12,14,20H,7-10H2,1-6H3,(H,25,28). The maximum Gasteiger partial charge on any atom is 0.408 e. The Balaban J connectivity index is 1.96. The molecule has 1 aliphatic rings. The Hall–Kier alpha value is -2.83. The Bertz CT molecular complexity index is 1060. The highest BCUT2D eigenvalue weighted by Crippen LogP contribution is 2.35. The number of carbonyl (C=O) groups excluding carboxylic acids is 2. The fourth-order valence-electron chi connectivity index (χ4n) is 3.86. The van der Waals surface area contributed by atoms with Crippen LogP contribution in [0.3, 0.4) is 0 Å². The number of alkyl carbamates (subject to hydrolysis) is 1. The van der Waals surface area contributed by atoms with Gasteiger partial charge in [-0.05, 0) is 76.1 Å². The molecular weight excluding hydrogens is 398 g/mol. The Kier molecular flexibility index (Phi) is 6.43. The summed E-state index contributed by atoms with van der Waals surface area (Å²) in [4.78, 5) is 37.8. The lowest BCUT2D eigenvalue weighted by Gasteiger charge is -2.26. The molecule has 1 amide bonds. The zero-order chi connectivity index (χ0) is 22.9. The molecule has 7 heteroatoms. The van der Waals surface area contributed by atoms with Gasteiger partial charge >= 0.3 is 17.7 Å². The number of fused-ring (bicyclic) bond motifs is 3. The summed E-state index contributed by atoms with van der Waals surface area (Å²) >= 11 is 0. The molecule has 168 valence electrons. The first-order valence-corrected chi connectivity index (χ1v) is 10.8. The first kappa shape index (κ1) is 22.8. The Morgan fingerprint density at radius 2 is 1.87 bits per heavy atom. The second-order valence-corrected chi connectivity index (χ2v) is 9.27. The van der Waals surface area contributed by atoms with Crippen LogP contribution in [0, 0.1) is 12.8 Å². The van der Waals surface area contributed by atoms with Crippen molar-refractivity contribution in [3.63, 3.8) is 0 Å². The summed E-state index contributed by atoms with van der Waals surface area (Å²) in [6.07, 6.45) is 2.24. The molecule has 1 aromatic heterocycles. The average Bonchev–Trinajstić information content (AvgIpc) is 3.13. The molecule has 1 aromatic carbocycles. The third kappa shape index (κ3) is 5.09. The van der Waals surface area contributed by atoms with Gasteiger partial charge in [-0.2, -0.15) is 0 Å². The molecule has 2 atom stereocenters. The predicted molar refractivity (Wildman–Crippen MR) is 117 cm³/mol. The van der Waals surface area contributed by atoms with Crippen LogP contribution in [-0.2, 0) is 22.4 Å². The molecule has 1 N–H and O–H groups in total. The van der Waals surface area contributed by atoms with E-state index in [2.05, 4.69) is 5.32 Å². The van der Waals surface area contributed by atoms with Crippen molar-refractivity contribution in [3.05, 3.63) is 39.2 Å². The number of rotatable bonds is 5. The van der Waals surface area contributed by atoms with E-state index >= 15 is 0 Å². The smallest absolute Gasteiger partial charge is 0.408 e. The number of ether oxygens (including phenoxy) is 2. The topological polar surface area (TPSA) is 94.8 Å². The van der Waals surface area contributed by atoms with Crippen molar-refractivity contribution in [1.29, 1.82) is 0 Å². The minimum absolute atomic E-state index is 0.167. The minimum Gasteiger partial charge on any atom is -0.444 e. The summed E-state index contributed by atoms with van der Waals surface area (Å²) in [7, 11) is 0. The van der Waals surface area contributed by atoms with E-state index in [0.717, 1.165) is 24.0 Å². The highest BCUT2D eigenvalue weighted by atomic mass is 16.6. The number of carbonyl (C=O) groups is 2. The van der Waals surface area contributed by atoms with E-state index in [1.807, 2.05) is 20.8 Å². The highest BCUT2D eigenvalue weighted by molar-refractivity contribution is 5.92. The van der Waals surface area contributed by atoms with Gasteiger partial charge in [-0.1, -0.05) is 20.3 Å². The van der Waals surface area contributed by atoms with Crippen LogP contribution in [0.5, 0.6) is 5.75 Å². The lowest BCUT2D eigenvalue weighted by molar-refractivity contribution is -0.138. The molecule has 31 heavy (non-hydrogen) atoms. The maximum atomic E-state index is 13.2. The van der Waals surface area contributed by atoms with Crippen LogP contribution in [0.2, 0.25) is 0 Å². The van der Waals surface area contributed by atoms with Crippen LogP contribution < -0.4 is 15.7 Å². The number of esters is 1. The van der Waals surface area contributed by atoms with E-state index in [1.54, 1.807) is 32.9 Å². The van der Waals surface area contributed by atoms with Crippen LogP contribution in [0.1, 0.15) is 64.2 Å². The molecule has 7 nitrogen and oxygen atoms in total.